The maximum absolute atomic E-state index is 13.7. The zero-order valence-corrected chi connectivity index (χ0v) is 19.8. The Morgan fingerprint density at radius 2 is 2.09 bits per heavy atom. The monoisotopic (exact) mass is 453 g/mol. The summed E-state index contributed by atoms with van der Waals surface area (Å²) in [7, 11) is 0. The molecule has 3 aromatic heterocycles. The Hall–Kier alpha value is -2.29. The van der Waals surface area contributed by atoms with Crippen LogP contribution in [0.4, 0.5) is 0 Å². The lowest BCUT2D eigenvalue weighted by molar-refractivity contribution is -0.0715. The van der Waals surface area contributed by atoms with Crippen LogP contribution in [0.3, 0.4) is 0 Å². The average Bonchev–Trinajstić information content (AvgIpc) is 3.49. The lowest BCUT2D eigenvalue weighted by atomic mass is 10.1. The molecule has 2 fully saturated rings. The fourth-order valence-electron chi connectivity index (χ4n) is 5.19. The van der Waals surface area contributed by atoms with Crippen LogP contribution < -0.4 is 0 Å². The molecule has 2 aliphatic rings. The van der Waals surface area contributed by atoms with Gasteiger partial charge in [-0.3, -0.25) is 9.69 Å². The molecule has 3 unspecified atom stereocenters. The fraction of sp³-hybridized carbons (Fsp3) is 0.542. The number of fused-ring (bicyclic) bond motifs is 1. The molecule has 0 aromatic carbocycles. The van der Waals surface area contributed by atoms with Gasteiger partial charge in [-0.2, -0.15) is 5.10 Å². The normalized spacial score (nSPS) is 24.5. The second-order valence-electron chi connectivity index (χ2n) is 9.20. The number of pyridine rings is 1. The number of hydrogen-bond acceptors (Lipinski definition) is 6. The summed E-state index contributed by atoms with van der Waals surface area (Å²) in [5, 5.41) is 7.49. The largest absolute Gasteiger partial charge is 0.373 e. The van der Waals surface area contributed by atoms with E-state index in [1.54, 1.807) is 17.5 Å². The highest BCUT2D eigenvalue weighted by Crippen LogP contribution is 2.27. The molecule has 2 saturated heterocycles. The van der Waals surface area contributed by atoms with Gasteiger partial charge in [0.05, 0.1) is 35.9 Å². The molecule has 0 radical (unpaired) electrons. The second-order valence-corrected chi connectivity index (χ2v) is 10.2. The Balaban J connectivity index is 1.39. The number of nitrogens with zero attached hydrogens (tertiary/aromatic N) is 5. The quantitative estimate of drug-likeness (QED) is 0.591. The van der Waals surface area contributed by atoms with Gasteiger partial charge in [-0.15, -0.1) is 11.3 Å². The maximum atomic E-state index is 13.7. The first-order valence-corrected chi connectivity index (χ1v) is 12.4. The molecular weight excluding hydrogens is 422 g/mol. The van der Waals surface area contributed by atoms with Crippen molar-refractivity contribution < 1.29 is 9.53 Å². The fourth-order valence-corrected chi connectivity index (χ4v) is 5.88. The van der Waals surface area contributed by atoms with Gasteiger partial charge >= 0.3 is 0 Å². The van der Waals surface area contributed by atoms with Crippen molar-refractivity contribution >= 4 is 28.3 Å². The number of carbonyl (C=O) groups excluding carboxylic acids is 1. The summed E-state index contributed by atoms with van der Waals surface area (Å²) < 4.78 is 7.79. The Kier molecular flexibility index (Phi) is 6.01. The number of aryl methyl sites for hydroxylation is 1. The number of aromatic nitrogens is 3. The molecule has 0 spiro atoms. The Labute approximate surface area is 193 Å². The van der Waals surface area contributed by atoms with Gasteiger partial charge in [0.25, 0.3) is 5.91 Å². The second kappa shape index (κ2) is 8.92. The van der Waals surface area contributed by atoms with Crippen molar-refractivity contribution in [1.82, 2.24) is 24.6 Å². The summed E-state index contributed by atoms with van der Waals surface area (Å²) in [4.78, 5) is 24.2. The Bertz CT molecular complexity index is 1090. The molecular formula is C24H31N5O2S. The predicted molar refractivity (Wildman–Crippen MR) is 126 cm³/mol. The first-order chi connectivity index (χ1) is 15.5. The van der Waals surface area contributed by atoms with Crippen molar-refractivity contribution in [3.8, 4) is 0 Å². The van der Waals surface area contributed by atoms with Crippen molar-refractivity contribution in [2.24, 2.45) is 0 Å². The number of hydrogen-bond donors (Lipinski definition) is 0. The van der Waals surface area contributed by atoms with Gasteiger partial charge < -0.3 is 9.64 Å². The van der Waals surface area contributed by atoms with E-state index in [0.29, 0.717) is 6.54 Å². The van der Waals surface area contributed by atoms with Crippen LogP contribution in [0.2, 0.25) is 0 Å². The summed E-state index contributed by atoms with van der Waals surface area (Å²) in [6.45, 7) is 10.5. The van der Waals surface area contributed by atoms with E-state index in [1.165, 1.54) is 4.88 Å². The number of likely N-dealkylation sites (tertiary alicyclic amines) is 1. The highest BCUT2D eigenvalue weighted by molar-refractivity contribution is 7.09. The van der Waals surface area contributed by atoms with Crippen LogP contribution >= 0.6 is 11.3 Å². The summed E-state index contributed by atoms with van der Waals surface area (Å²) in [5.74, 6) is 0.105. The first kappa shape index (κ1) is 21.6. The number of thiophene rings is 1. The zero-order valence-electron chi connectivity index (χ0n) is 19.0. The molecule has 3 aromatic rings. The third kappa shape index (κ3) is 4.31. The van der Waals surface area contributed by atoms with Crippen LogP contribution in [0.25, 0.3) is 11.0 Å². The minimum atomic E-state index is 0.105. The third-order valence-corrected chi connectivity index (χ3v) is 7.32. The van der Waals surface area contributed by atoms with E-state index >= 15 is 0 Å². The molecule has 5 heterocycles. The molecule has 170 valence electrons. The predicted octanol–water partition coefficient (Wildman–Crippen LogP) is 3.56. The molecule has 5 rings (SSSR count). The van der Waals surface area contributed by atoms with E-state index < -0.39 is 0 Å². The van der Waals surface area contributed by atoms with E-state index in [2.05, 4.69) is 40.2 Å². The van der Waals surface area contributed by atoms with E-state index in [1.807, 2.05) is 23.7 Å². The summed E-state index contributed by atoms with van der Waals surface area (Å²) in [5.41, 5.74) is 2.36. The van der Waals surface area contributed by atoms with Gasteiger partial charge in [-0.25, -0.2) is 9.67 Å². The van der Waals surface area contributed by atoms with E-state index in [4.69, 9.17) is 9.72 Å². The van der Waals surface area contributed by atoms with Crippen LogP contribution in [0.1, 0.15) is 47.6 Å². The van der Waals surface area contributed by atoms with Crippen LogP contribution in [0.5, 0.6) is 0 Å². The topological polar surface area (TPSA) is 63.5 Å². The van der Waals surface area contributed by atoms with Gasteiger partial charge in [-0.1, -0.05) is 6.07 Å². The summed E-state index contributed by atoms with van der Waals surface area (Å²) in [6, 6.07) is 6.31. The third-order valence-electron chi connectivity index (χ3n) is 6.46. The first-order valence-electron chi connectivity index (χ1n) is 11.5. The van der Waals surface area contributed by atoms with Gasteiger partial charge in [0, 0.05) is 42.8 Å². The molecule has 1 amide bonds. The van der Waals surface area contributed by atoms with E-state index in [9.17, 15) is 4.79 Å². The van der Waals surface area contributed by atoms with Crippen LogP contribution in [0, 0.1) is 6.92 Å². The minimum Gasteiger partial charge on any atom is -0.373 e. The minimum absolute atomic E-state index is 0.105. The van der Waals surface area contributed by atoms with Crippen molar-refractivity contribution in [2.75, 3.05) is 26.2 Å². The van der Waals surface area contributed by atoms with Gasteiger partial charge in [0.2, 0.25) is 0 Å². The smallest absolute Gasteiger partial charge is 0.255 e. The van der Waals surface area contributed by atoms with Crippen molar-refractivity contribution in [1.29, 1.82) is 0 Å². The Morgan fingerprint density at radius 3 is 2.84 bits per heavy atom. The molecule has 2 aliphatic heterocycles. The van der Waals surface area contributed by atoms with E-state index in [-0.39, 0.29) is 24.2 Å². The van der Waals surface area contributed by atoms with Gasteiger partial charge in [0.15, 0.2) is 5.65 Å². The lowest BCUT2D eigenvalue weighted by Gasteiger charge is -2.38. The molecule has 7 nitrogen and oxygen atoms in total. The van der Waals surface area contributed by atoms with Crippen molar-refractivity contribution in [3.63, 3.8) is 0 Å². The number of morpholine rings is 1. The molecule has 0 N–H and O–H groups in total. The molecule has 3 atom stereocenters. The zero-order chi connectivity index (χ0) is 22.2. The highest BCUT2D eigenvalue weighted by atomic mass is 32.1. The summed E-state index contributed by atoms with van der Waals surface area (Å²) >= 11 is 1.70. The maximum Gasteiger partial charge on any atom is 0.255 e. The van der Waals surface area contributed by atoms with Crippen LogP contribution in [-0.2, 0) is 11.3 Å². The van der Waals surface area contributed by atoms with Crippen molar-refractivity contribution in [3.05, 3.63) is 45.9 Å². The average molecular weight is 454 g/mol. The molecule has 0 saturated carbocycles. The molecule has 0 bridgehead atoms. The number of ether oxygens (including phenoxy) is 1. The Morgan fingerprint density at radius 1 is 1.28 bits per heavy atom. The molecule has 8 heteroatoms. The van der Waals surface area contributed by atoms with Gasteiger partial charge in [-0.05, 0) is 51.1 Å². The standard InChI is InChI=1S/C24H31N5O2S/c1-16-10-21(22-11-25-29(23(22)26-16)15-20-7-5-9-32-20)24(30)28-8-4-6-19(28)14-27-12-17(2)31-18(3)13-27/h5,7,9-11,17-19H,4,6,8,12-15H2,1-3H3. The molecule has 0 aliphatic carbocycles. The molecule has 32 heavy (non-hydrogen) atoms. The highest BCUT2D eigenvalue weighted by Gasteiger charge is 2.34. The lowest BCUT2D eigenvalue weighted by Crippen LogP contribution is -2.51. The van der Waals surface area contributed by atoms with E-state index in [0.717, 1.165) is 61.3 Å². The van der Waals surface area contributed by atoms with Crippen LogP contribution in [0.15, 0.2) is 29.8 Å². The van der Waals surface area contributed by atoms with Crippen molar-refractivity contribution in [2.45, 2.75) is 58.4 Å². The number of carbonyl (C=O) groups is 1. The van der Waals surface area contributed by atoms with Crippen LogP contribution in [-0.4, -0.2) is 74.9 Å². The number of rotatable bonds is 5. The number of amides is 1. The van der Waals surface area contributed by atoms with Gasteiger partial charge in [0.1, 0.15) is 0 Å². The SMILES string of the molecule is Cc1cc(C(=O)N2CCCC2CN2CC(C)OC(C)C2)c2cnn(Cc3cccs3)c2n1. The summed E-state index contributed by atoms with van der Waals surface area (Å²) in [6.07, 6.45) is 4.38.